The normalized spacial score (nSPS) is 12.0. The number of H-pyrrole nitrogens is 1. The highest BCUT2D eigenvalue weighted by Crippen LogP contribution is 2.34. The number of methoxy groups -OCH3 is 1. The third-order valence-corrected chi connectivity index (χ3v) is 4.52. The second-order valence-electron chi connectivity index (χ2n) is 5.29. The average Bonchev–Trinajstić information content (AvgIpc) is 3.30. The third-order valence-electron chi connectivity index (χ3n) is 3.63. The predicted molar refractivity (Wildman–Crippen MR) is 87.3 cm³/mol. The number of aromatic amines is 1. The molecule has 0 unspecified atom stereocenters. The molecule has 3 aromatic heterocycles. The van der Waals surface area contributed by atoms with Gasteiger partial charge in [-0.2, -0.15) is 13.2 Å². The highest BCUT2D eigenvalue weighted by atomic mass is 32.2. The Bertz CT molecular complexity index is 1160. The molecule has 4 rings (SSSR count). The molecule has 0 saturated carbocycles. The van der Waals surface area contributed by atoms with Crippen LogP contribution in [0.3, 0.4) is 0 Å². The molecular formula is C15H9F3N6O2S. The van der Waals surface area contributed by atoms with Crippen molar-refractivity contribution in [3.05, 3.63) is 42.0 Å². The minimum atomic E-state index is -4.75. The summed E-state index contributed by atoms with van der Waals surface area (Å²) in [5, 5.41) is 7.57. The Morgan fingerprint density at radius 2 is 2.11 bits per heavy atom. The van der Waals surface area contributed by atoms with Gasteiger partial charge in [0.25, 0.3) is 0 Å². The number of ether oxygens (including phenoxy) is 1. The largest absolute Gasteiger partial charge is 0.465 e. The molecule has 0 atom stereocenters. The Hall–Kier alpha value is -3.15. The summed E-state index contributed by atoms with van der Waals surface area (Å²) < 4.78 is 45.8. The number of hydrogen-bond donors (Lipinski definition) is 1. The van der Waals surface area contributed by atoms with E-state index in [0.29, 0.717) is 5.16 Å². The molecule has 0 amide bonds. The van der Waals surface area contributed by atoms with E-state index in [9.17, 15) is 18.0 Å². The van der Waals surface area contributed by atoms with Crippen molar-refractivity contribution in [1.29, 1.82) is 0 Å². The number of esters is 1. The smallest absolute Gasteiger partial charge is 0.452 e. The molecule has 0 saturated heterocycles. The summed E-state index contributed by atoms with van der Waals surface area (Å²) in [6, 6.07) is 4.13. The van der Waals surface area contributed by atoms with Gasteiger partial charge in [0.1, 0.15) is 5.03 Å². The van der Waals surface area contributed by atoms with E-state index < -0.39 is 18.0 Å². The summed E-state index contributed by atoms with van der Waals surface area (Å²) in [6.45, 7) is 0. The molecule has 4 aromatic rings. The number of fused-ring (bicyclic) bond motifs is 3. The van der Waals surface area contributed by atoms with Crippen LogP contribution in [0, 0.1) is 0 Å². The lowest BCUT2D eigenvalue weighted by Crippen LogP contribution is -2.12. The molecule has 0 bridgehead atoms. The van der Waals surface area contributed by atoms with Crippen LogP contribution < -0.4 is 0 Å². The molecule has 3 heterocycles. The molecule has 0 radical (unpaired) electrons. The predicted octanol–water partition coefficient (Wildman–Crippen LogP) is 2.96. The van der Waals surface area contributed by atoms with Crippen LogP contribution in [0.1, 0.15) is 16.2 Å². The first-order chi connectivity index (χ1) is 12.9. The van der Waals surface area contributed by atoms with Gasteiger partial charge in [-0.15, -0.1) is 10.2 Å². The van der Waals surface area contributed by atoms with Gasteiger partial charge in [-0.25, -0.2) is 14.8 Å². The monoisotopic (exact) mass is 394 g/mol. The first-order valence-electron chi connectivity index (χ1n) is 7.40. The van der Waals surface area contributed by atoms with Crippen molar-refractivity contribution >= 4 is 34.4 Å². The molecule has 0 aliphatic rings. The minimum Gasteiger partial charge on any atom is -0.465 e. The zero-order valence-electron chi connectivity index (χ0n) is 13.5. The lowest BCUT2D eigenvalue weighted by Gasteiger charge is -2.10. The minimum absolute atomic E-state index is 0.0361. The fraction of sp³-hybridized carbons (Fsp3) is 0.133. The van der Waals surface area contributed by atoms with Gasteiger partial charge in [-0.05, 0) is 30.0 Å². The molecule has 8 nitrogen and oxygen atoms in total. The summed E-state index contributed by atoms with van der Waals surface area (Å²) in [5.74, 6) is -1.89. The molecule has 0 aliphatic heterocycles. The van der Waals surface area contributed by atoms with Gasteiger partial charge in [-0.3, -0.25) is 4.40 Å². The van der Waals surface area contributed by atoms with Crippen molar-refractivity contribution in [3.8, 4) is 0 Å². The Kier molecular flexibility index (Phi) is 3.98. The van der Waals surface area contributed by atoms with Crippen LogP contribution in [0.2, 0.25) is 0 Å². The van der Waals surface area contributed by atoms with E-state index >= 15 is 0 Å². The number of rotatable bonds is 3. The summed E-state index contributed by atoms with van der Waals surface area (Å²) in [6.07, 6.45) is -1.66. The summed E-state index contributed by atoms with van der Waals surface area (Å²) in [4.78, 5) is 23.0. The van der Waals surface area contributed by atoms with Crippen LogP contribution in [-0.2, 0) is 10.9 Å². The second-order valence-corrected chi connectivity index (χ2v) is 6.27. The number of nitrogens with one attached hydrogen (secondary N) is 1. The van der Waals surface area contributed by atoms with E-state index in [1.54, 1.807) is 6.20 Å². The van der Waals surface area contributed by atoms with Gasteiger partial charge >= 0.3 is 12.1 Å². The van der Waals surface area contributed by atoms with E-state index in [-0.39, 0.29) is 27.3 Å². The highest BCUT2D eigenvalue weighted by molar-refractivity contribution is 7.99. The van der Waals surface area contributed by atoms with Crippen molar-refractivity contribution in [3.63, 3.8) is 0 Å². The molecule has 27 heavy (non-hydrogen) atoms. The van der Waals surface area contributed by atoms with Crippen LogP contribution in [0.25, 0.3) is 16.7 Å². The Balaban J connectivity index is 2.03. The molecule has 0 fully saturated rings. The van der Waals surface area contributed by atoms with Crippen molar-refractivity contribution in [1.82, 2.24) is 29.5 Å². The van der Waals surface area contributed by atoms with Gasteiger partial charge in [0.15, 0.2) is 10.8 Å². The van der Waals surface area contributed by atoms with Gasteiger partial charge in [0, 0.05) is 12.4 Å². The number of benzene rings is 1. The molecule has 1 aromatic carbocycles. The SMILES string of the molecule is COC(=O)c1ccc2nc(Sc3ncc[nH]3)c3nnc(C(F)(F)F)n3c2c1. The Morgan fingerprint density at radius 3 is 2.78 bits per heavy atom. The van der Waals surface area contributed by atoms with Crippen LogP contribution in [0.15, 0.2) is 40.8 Å². The molecule has 1 N–H and O–H groups in total. The Labute approximate surface area is 152 Å². The standard InChI is InChI=1S/C15H9F3N6O2S/c1-26-12(25)7-2-3-8-9(6-7)24-10(22-23-13(24)15(16,17)18)11(21-8)27-14-19-4-5-20-14/h2-6H,1H3,(H,19,20). The van der Waals surface area contributed by atoms with E-state index in [4.69, 9.17) is 0 Å². The van der Waals surface area contributed by atoms with Crippen LogP contribution in [0.5, 0.6) is 0 Å². The van der Waals surface area contributed by atoms with Gasteiger partial charge in [-0.1, -0.05) is 0 Å². The van der Waals surface area contributed by atoms with E-state index in [1.165, 1.54) is 31.5 Å². The number of imidazole rings is 1. The van der Waals surface area contributed by atoms with Gasteiger partial charge in [0.2, 0.25) is 5.82 Å². The number of aromatic nitrogens is 6. The summed E-state index contributed by atoms with van der Waals surface area (Å²) >= 11 is 1.02. The summed E-state index contributed by atoms with van der Waals surface area (Å²) in [5.41, 5.74) is 0.253. The highest BCUT2D eigenvalue weighted by Gasteiger charge is 2.38. The van der Waals surface area contributed by atoms with E-state index in [0.717, 1.165) is 16.2 Å². The fourth-order valence-corrected chi connectivity index (χ4v) is 3.29. The fourth-order valence-electron chi connectivity index (χ4n) is 2.50. The van der Waals surface area contributed by atoms with Gasteiger partial charge < -0.3 is 9.72 Å². The van der Waals surface area contributed by atoms with E-state index in [1.807, 2.05) is 0 Å². The maximum atomic E-state index is 13.5. The topological polar surface area (TPSA) is 98.1 Å². The number of nitrogens with zero attached hydrogens (tertiary/aromatic N) is 5. The third kappa shape index (κ3) is 2.97. The number of alkyl halides is 3. The number of carbonyl (C=O) groups excluding carboxylic acids is 1. The lowest BCUT2D eigenvalue weighted by molar-refractivity contribution is -0.145. The van der Waals surface area contributed by atoms with Crippen LogP contribution in [-0.4, -0.2) is 42.6 Å². The average molecular weight is 394 g/mol. The first kappa shape index (κ1) is 17.3. The summed E-state index contributed by atoms with van der Waals surface area (Å²) in [7, 11) is 1.18. The van der Waals surface area contributed by atoms with Crippen molar-refractivity contribution in [2.24, 2.45) is 0 Å². The molecule has 0 aliphatic carbocycles. The zero-order chi connectivity index (χ0) is 19.2. The van der Waals surface area contributed by atoms with Gasteiger partial charge in [0.05, 0.1) is 23.7 Å². The van der Waals surface area contributed by atoms with E-state index in [2.05, 4.69) is 29.9 Å². The van der Waals surface area contributed by atoms with Crippen molar-refractivity contribution < 1.29 is 22.7 Å². The van der Waals surface area contributed by atoms with Crippen LogP contribution >= 0.6 is 11.8 Å². The molecular weight excluding hydrogens is 385 g/mol. The molecule has 0 spiro atoms. The Morgan fingerprint density at radius 1 is 1.30 bits per heavy atom. The maximum Gasteiger partial charge on any atom is 0.452 e. The quantitative estimate of drug-likeness (QED) is 0.534. The zero-order valence-corrected chi connectivity index (χ0v) is 14.3. The molecule has 138 valence electrons. The maximum absolute atomic E-state index is 13.5. The number of hydrogen-bond acceptors (Lipinski definition) is 7. The number of halogens is 3. The van der Waals surface area contributed by atoms with Crippen molar-refractivity contribution in [2.75, 3.05) is 7.11 Å². The second kappa shape index (κ2) is 6.23. The number of carbonyl (C=O) groups is 1. The first-order valence-corrected chi connectivity index (χ1v) is 8.22. The van der Waals surface area contributed by atoms with Crippen molar-refractivity contribution in [2.45, 2.75) is 16.4 Å². The molecule has 12 heteroatoms. The lowest BCUT2D eigenvalue weighted by atomic mass is 10.2. The van der Waals surface area contributed by atoms with Crippen LogP contribution in [0.4, 0.5) is 13.2 Å².